The number of benzene rings is 1. The van der Waals surface area contributed by atoms with E-state index in [4.69, 9.17) is 11.6 Å². The first-order valence-electron chi connectivity index (χ1n) is 7.03. The number of aliphatic hydroxyl groups excluding tert-OH is 1. The first-order chi connectivity index (χ1) is 10.7. The lowest BCUT2D eigenvalue weighted by Crippen LogP contribution is -2.44. The minimum absolute atomic E-state index is 0.00787. The Morgan fingerprint density at radius 3 is 2.87 bits per heavy atom. The molecule has 0 saturated carbocycles. The lowest BCUT2D eigenvalue weighted by Gasteiger charge is -2.25. The van der Waals surface area contributed by atoms with Crippen molar-refractivity contribution in [2.45, 2.75) is 18.6 Å². The van der Waals surface area contributed by atoms with Crippen molar-refractivity contribution in [2.24, 2.45) is 0 Å². The summed E-state index contributed by atoms with van der Waals surface area (Å²) in [7, 11) is -1.81. The van der Waals surface area contributed by atoms with Crippen molar-refractivity contribution >= 4 is 38.4 Å². The molecule has 1 fully saturated rings. The number of carbonyl (C=O) groups is 1. The fourth-order valence-corrected chi connectivity index (χ4v) is 4.77. The van der Waals surface area contributed by atoms with Crippen molar-refractivity contribution in [3.05, 3.63) is 29.0 Å². The van der Waals surface area contributed by atoms with E-state index in [9.17, 15) is 18.3 Å². The Hall–Kier alpha value is -1.64. The second kappa shape index (κ2) is 5.77. The van der Waals surface area contributed by atoms with Crippen molar-refractivity contribution < 1.29 is 18.3 Å². The number of amides is 1. The number of aromatic amines is 1. The van der Waals surface area contributed by atoms with Gasteiger partial charge in [0, 0.05) is 12.1 Å². The summed E-state index contributed by atoms with van der Waals surface area (Å²) in [5.41, 5.74) is 1.43. The number of sulfone groups is 1. The summed E-state index contributed by atoms with van der Waals surface area (Å²) in [4.78, 5) is 20.9. The van der Waals surface area contributed by atoms with Gasteiger partial charge in [-0.2, -0.15) is 0 Å². The number of fused-ring (bicyclic) bond motifs is 1. The van der Waals surface area contributed by atoms with Crippen LogP contribution in [-0.2, 0) is 21.1 Å². The lowest BCUT2D eigenvalue weighted by molar-refractivity contribution is -0.132. The molecule has 0 radical (unpaired) electrons. The van der Waals surface area contributed by atoms with Gasteiger partial charge in [0.2, 0.25) is 5.91 Å². The average Bonchev–Trinajstić information content (AvgIpc) is 2.96. The molecule has 23 heavy (non-hydrogen) atoms. The molecule has 124 valence electrons. The summed E-state index contributed by atoms with van der Waals surface area (Å²) >= 11 is 5.91. The summed E-state index contributed by atoms with van der Waals surface area (Å²) in [5.74, 6) is -0.365. The number of rotatable bonds is 3. The highest BCUT2D eigenvalue weighted by Crippen LogP contribution is 2.20. The average molecular weight is 358 g/mol. The number of H-pyrrole nitrogens is 1. The summed E-state index contributed by atoms with van der Waals surface area (Å²) in [5, 5.41) is 10.4. The van der Waals surface area contributed by atoms with Gasteiger partial charge in [0.15, 0.2) is 9.84 Å². The van der Waals surface area contributed by atoms with Crippen molar-refractivity contribution in [3.8, 4) is 0 Å². The standard InChI is InChI=1S/C14H16ClN3O4S/c1-18(11-6-23(21,22)7-12(11)19)14(20)5-13-16-9-3-2-8(15)4-10(9)17-13/h2-4,11-12,19H,5-7H2,1H3,(H,16,17)/t11-,12-/m1/s1. The SMILES string of the molecule is CN(C(=O)Cc1nc2ccc(Cl)cc2[nH]1)[C@@H]1CS(=O)(=O)C[C@H]1O. The van der Waals surface area contributed by atoms with Crippen LogP contribution in [0, 0.1) is 0 Å². The molecule has 0 spiro atoms. The molecule has 9 heteroatoms. The Morgan fingerprint density at radius 2 is 2.22 bits per heavy atom. The number of aromatic nitrogens is 2. The quantitative estimate of drug-likeness (QED) is 0.826. The van der Waals surface area contributed by atoms with E-state index < -0.39 is 22.0 Å². The van der Waals surface area contributed by atoms with E-state index >= 15 is 0 Å². The summed E-state index contributed by atoms with van der Waals surface area (Å²) in [6, 6.07) is 4.46. The predicted molar refractivity (Wildman–Crippen MR) is 86.0 cm³/mol. The minimum atomic E-state index is -3.30. The zero-order chi connectivity index (χ0) is 16.8. The van der Waals surface area contributed by atoms with E-state index in [1.54, 1.807) is 18.2 Å². The topological polar surface area (TPSA) is 103 Å². The van der Waals surface area contributed by atoms with Crippen LogP contribution in [0.3, 0.4) is 0 Å². The smallest absolute Gasteiger partial charge is 0.230 e. The number of hydrogen-bond acceptors (Lipinski definition) is 5. The minimum Gasteiger partial charge on any atom is -0.390 e. The van der Waals surface area contributed by atoms with Crippen LogP contribution in [0.2, 0.25) is 5.02 Å². The maximum Gasteiger partial charge on any atom is 0.230 e. The molecule has 2 heterocycles. The molecule has 1 aliphatic rings. The molecule has 0 bridgehead atoms. The highest BCUT2D eigenvalue weighted by molar-refractivity contribution is 7.91. The van der Waals surface area contributed by atoms with Crippen molar-refractivity contribution in [1.29, 1.82) is 0 Å². The highest BCUT2D eigenvalue weighted by Gasteiger charge is 2.40. The van der Waals surface area contributed by atoms with Crippen LogP contribution in [0.4, 0.5) is 0 Å². The van der Waals surface area contributed by atoms with Crippen LogP contribution in [0.15, 0.2) is 18.2 Å². The number of likely N-dealkylation sites (N-methyl/N-ethyl adjacent to an activating group) is 1. The molecule has 3 rings (SSSR count). The van der Waals surface area contributed by atoms with Crippen LogP contribution < -0.4 is 0 Å². The summed E-state index contributed by atoms with van der Waals surface area (Å²) in [6.45, 7) is 0. The van der Waals surface area contributed by atoms with Crippen LogP contribution in [0.25, 0.3) is 11.0 Å². The Bertz CT molecular complexity index is 864. The van der Waals surface area contributed by atoms with Crippen LogP contribution in [0.5, 0.6) is 0 Å². The van der Waals surface area contributed by atoms with Gasteiger partial charge < -0.3 is 15.0 Å². The summed E-state index contributed by atoms with van der Waals surface area (Å²) < 4.78 is 23.1. The van der Waals surface area contributed by atoms with Crippen LogP contribution in [0.1, 0.15) is 5.82 Å². The van der Waals surface area contributed by atoms with E-state index in [1.807, 2.05) is 0 Å². The number of nitrogens with one attached hydrogen (secondary N) is 1. The zero-order valence-corrected chi connectivity index (χ0v) is 13.9. The van der Waals surface area contributed by atoms with Crippen LogP contribution in [-0.4, -0.2) is 65.0 Å². The Labute approximate surface area is 138 Å². The lowest BCUT2D eigenvalue weighted by atomic mass is 10.2. The molecule has 1 saturated heterocycles. The molecule has 1 aromatic carbocycles. The number of nitrogens with zero attached hydrogens (tertiary/aromatic N) is 2. The Morgan fingerprint density at radius 1 is 1.48 bits per heavy atom. The van der Waals surface area contributed by atoms with Crippen molar-refractivity contribution in [1.82, 2.24) is 14.9 Å². The fraction of sp³-hybridized carbons (Fsp3) is 0.429. The predicted octanol–water partition coefficient (Wildman–Crippen LogP) is 0.375. The van der Waals surface area contributed by atoms with E-state index in [0.717, 1.165) is 5.52 Å². The molecule has 0 unspecified atom stereocenters. The molecular weight excluding hydrogens is 342 g/mol. The van der Waals surface area contributed by atoms with Gasteiger partial charge in [-0.1, -0.05) is 11.6 Å². The zero-order valence-electron chi connectivity index (χ0n) is 12.4. The van der Waals surface area contributed by atoms with Crippen LogP contribution >= 0.6 is 11.6 Å². The maximum atomic E-state index is 12.3. The van der Waals surface area contributed by atoms with Gasteiger partial charge in [0.1, 0.15) is 5.82 Å². The Balaban J connectivity index is 1.75. The van der Waals surface area contributed by atoms with E-state index in [-0.39, 0.29) is 23.8 Å². The molecule has 1 aliphatic heterocycles. The second-order valence-electron chi connectivity index (χ2n) is 5.74. The van der Waals surface area contributed by atoms with Gasteiger partial charge >= 0.3 is 0 Å². The van der Waals surface area contributed by atoms with Crippen molar-refractivity contribution in [3.63, 3.8) is 0 Å². The third kappa shape index (κ3) is 3.34. The van der Waals surface area contributed by atoms with Gasteiger partial charge in [0.05, 0.1) is 41.1 Å². The highest BCUT2D eigenvalue weighted by atomic mass is 35.5. The number of halogens is 1. The third-order valence-electron chi connectivity index (χ3n) is 4.00. The van der Waals surface area contributed by atoms with Gasteiger partial charge in [0.25, 0.3) is 0 Å². The maximum absolute atomic E-state index is 12.3. The molecule has 7 nitrogen and oxygen atoms in total. The second-order valence-corrected chi connectivity index (χ2v) is 8.33. The van der Waals surface area contributed by atoms with Gasteiger partial charge in [-0.3, -0.25) is 4.79 Å². The first kappa shape index (κ1) is 16.2. The monoisotopic (exact) mass is 357 g/mol. The molecule has 2 atom stereocenters. The molecular formula is C14H16ClN3O4S. The Kier molecular flexibility index (Phi) is 4.07. The number of imidazole rings is 1. The molecule has 2 aromatic rings. The number of carbonyl (C=O) groups excluding carboxylic acids is 1. The normalized spacial score (nSPS) is 23.3. The largest absolute Gasteiger partial charge is 0.390 e. The number of aliphatic hydroxyl groups is 1. The first-order valence-corrected chi connectivity index (χ1v) is 9.23. The molecule has 0 aliphatic carbocycles. The summed E-state index contributed by atoms with van der Waals surface area (Å²) in [6.07, 6.45) is -1.06. The van der Waals surface area contributed by atoms with Gasteiger partial charge in [-0.25, -0.2) is 13.4 Å². The van der Waals surface area contributed by atoms with Gasteiger partial charge in [-0.05, 0) is 18.2 Å². The molecule has 1 amide bonds. The third-order valence-corrected chi connectivity index (χ3v) is 5.93. The number of hydrogen-bond donors (Lipinski definition) is 2. The molecule has 1 aromatic heterocycles. The molecule has 2 N–H and O–H groups in total. The van der Waals surface area contributed by atoms with E-state index in [0.29, 0.717) is 16.4 Å². The van der Waals surface area contributed by atoms with E-state index in [1.165, 1.54) is 11.9 Å². The van der Waals surface area contributed by atoms with Crippen molar-refractivity contribution in [2.75, 3.05) is 18.6 Å². The van der Waals surface area contributed by atoms with E-state index in [2.05, 4.69) is 9.97 Å². The van der Waals surface area contributed by atoms with Gasteiger partial charge in [-0.15, -0.1) is 0 Å². The fourth-order valence-electron chi connectivity index (χ4n) is 2.75.